The molecule has 15 heavy (non-hydrogen) atoms. The average molecular weight is 328 g/mol. The third-order valence-corrected chi connectivity index (χ3v) is 2.78. The fraction of sp³-hybridized carbons (Fsp3) is 0.250. The van der Waals surface area contributed by atoms with Crippen LogP contribution in [0, 0.1) is 3.57 Å². The van der Waals surface area contributed by atoms with Crippen molar-refractivity contribution in [1.29, 1.82) is 0 Å². The topological polar surface area (TPSA) is 65.2 Å². The number of hydrogen-bond donors (Lipinski definition) is 1. The van der Waals surface area contributed by atoms with Gasteiger partial charge in [-0.1, -0.05) is 0 Å². The molecule has 7 heteroatoms. The van der Waals surface area contributed by atoms with Gasteiger partial charge in [-0.15, -0.1) is 0 Å². The molecule has 0 unspecified atom stereocenters. The molecular weight excluding hydrogens is 321 g/mol. The molecule has 1 rings (SSSR count). The van der Waals surface area contributed by atoms with Crippen LogP contribution in [0.25, 0.3) is 0 Å². The Morgan fingerprint density at radius 1 is 1.67 bits per heavy atom. The monoisotopic (exact) mass is 328 g/mol. The molecule has 2 N–H and O–H groups in total. The lowest BCUT2D eigenvalue weighted by molar-refractivity contribution is 0.0993. The van der Waals surface area contributed by atoms with Crippen LogP contribution in [0.1, 0.15) is 22.5 Å². The van der Waals surface area contributed by atoms with E-state index >= 15 is 0 Å². The largest absolute Gasteiger partial charge is 0.495 e. The molecule has 1 amide bonds. The van der Waals surface area contributed by atoms with Gasteiger partial charge in [0.05, 0.1) is 22.4 Å². The summed E-state index contributed by atoms with van der Waals surface area (Å²) in [5.41, 5.74) is 4.45. The van der Waals surface area contributed by atoms with Gasteiger partial charge in [0.1, 0.15) is 11.4 Å². The lowest BCUT2D eigenvalue weighted by atomic mass is 10.2. The molecule has 1 aromatic rings. The fourth-order valence-corrected chi connectivity index (χ4v) is 1.93. The van der Waals surface area contributed by atoms with Crippen molar-refractivity contribution in [3.63, 3.8) is 0 Å². The number of ether oxygens (including phenoxy) is 1. The Morgan fingerprint density at radius 2 is 2.27 bits per heavy atom. The van der Waals surface area contributed by atoms with Crippen molar-refractivity contribution in [3.8, 4) is 5.75 Å². The van der Waals surface area contributed by atoms with Gasteiger partial charge in [-0.2, -0.15) is 0 Å². The highest BCUT2D eigenvalue weighted by Crippen LogP contribution is 2.33. The summed E-state index contributed by atoms with van der Waals surface area (Å²) in [6.45, 7) is 0. The van der Waals surface area contributed by atoms with E-state index in [1.54, 1.807) is 22.6 Å². The molecule has 0 aliphatic heterocycles. The van der Waals surface area contributed by atoms with Crippen molar-refractivity contribution < 1.29 is 18.3 Å². The number of carbonyl (C=O) groups excluding carboxylic acids is 1. The van der Waals surface area contributed by atoms with E-state index in [1.165, 1.54) is 7.11 Å². The zero-order chi connectivity index (χ0) is 11.6. The second kappa shape index (κ2) is 4.69. The van der Waals surface area contributed by atoms with Crippen LogP contribution in [0.5, 0.6) is 5.75 Å². The molecule has 82 valence electrons. The molecule has 0 saturated heterocycles. The number of alkyl halides is 2. The molecule has 0 aliphatic carbocycles. The normalized spacial score (nSPS) is 10.5. The van der Waals surface area contributed by atoms with Gasteiger partial charge in [0.2, 0.25) is 0 Å². The first kappa shape index (κ1) is 12.1. The maximum absolute atomic E-state index is 12.7. The van der Waals surface area contributed by atoms with Crippen LogP contribution >= 0.6 is 22.6 Å². The minimum Gasteiger partial charge on any atom is -0.495 e. The smallest absolute Gasteiger partial charge is 0.268 e. The van der Waals surface area contributed by atoms with E-state index < -0.39 is 12.3 Å². The highest BCUT2D eigenvalue weighted by molar-refractivity contribution is 14.1. The summed E-state index contributed by atoms with van der Waals surface area (Å²) < 4.78 is 30.1. The summed E-state index contributed by atoms with van der Waals surface area (Å²) in [6.07, 6.45) is -1.68. The molecule has 0 spiro atoms. The van der Waals surface area contributed by atoms with Gasteiger partial charge in [0.25, 0.3) is 12.3 Å². The third-order valence-electron chi connectivity index (χ3n) is 1.69. The maximum atomic E-state index is 12.7. The van der Waals surface area contributed by atoms with Crippen molar-refractivity contribution in [2.24, 2.45) is 5.73 Å². The van der Waals surface area contributed by atoms with Crippen molar-refractivity contribution in [1.82, 2.24) is 4.98 Å². The van der Waals surface area contributed by atoms with Crippen LogP contribution in [0.4, 0.5) is 8.78 Å². The first-order chi connectivity index (χ1) is 6.99. The molecule has 0 bridgehead atoms. The number of hydrogen-bond acceptors (Lipinski definition) is 3. The first-order valence-corrected chi connectivity index (χ1v) is 4.87. The Kier molecular flexibility index (Phi) is 3.77. The van der Waals surface area contributed by atoms with E-state index in [0.29, 0.717) is 0 Å². The first-order valence-electron chi connectivity index (χ1n) is 3.79. The quantitative estimate of drug-likeness (QED) is 0.860. The second-order valence-corrected chi connectivity index (χ2v) is 3.65. The third kappa shape index (κ3) is 2.33. The van der Waals surface area contributed by atoms with E-state index in [-0.39, 0.29) is 20.6 Å². The number of pyridine rings is 1. The standard InChI is InChI=1S/C8H7F2IN2O2/c1-15-3-2-13-6(8(12)14)5(11)4(3)7(9)10/h2,7H,1H3,(H2,12,14). The van der Waals surface area contributed by atoms with Crippen LogP contribution in [-0.4, -0.2) is 18.0 Å². The van der Waals surface area contributed by atoms with Gasteiger partial charge in [-0.3, -0.25) is 4.79 Å². The summed E-state index contributed by atoms with van der Waals surface area (Å²) in [7, 11) is 1.25. The molecular formula is C8H7F2IN2O2. The van der Waals surface area contributed by atoms with Crippen LogP contribution in [0.15, 0.2) is 6.20 Å². The average Bonchev–Trinajstić information content (AvgIpc) is 2.15. The highest BCUT2D eigenvalue weighted by Gasteiger charge is 2.23. The number of amides is 1. The number of primary amides is 1. The molecule has 0 saturated carbocycles. The molecule has 4 nitrogen and oxygen atoms in total. The second-order valence-electron chi connectivity index (χ2n) is 2.57. The van der Waals surface area contributed by atoms with Crippen LogP contribution in [0.2, 0.25) is 0 Å². The molecule has 0 aliphatic rings. The van der Waals surface area contributed by atoms with E-state index in [9.17, 15) is 13.6 Å². The number of rotatable bonds is 3. The molecule has 0 fully saturated rings. The van der Waals surface area contributed by atoms with Crippen LogP contribution in [-0.2, 0) is 0 Å². The van der Waals surface area contributed by atoms with Crippen molar-refractivity contribution in [3.05, 3.63) is 21.0 Å². The van der Waals surface area contributed by atoms with Gasteiger partial charge in [0, 0.05) is 0 Å². The lowest BCUT2D eigenvalue weighted by Crippen LogP contribution is -2.16. The van der Waals surface area contributed by atoms with Gasteiger partial charge >= 0.3 is 0 Å². The van der Waals surface area contributed by atoms with Crippen molar-refractivity contribution >= 4 is 28.5 Å². The number of nitrogens with two attached hydrogens (primary N) is 1. The van der Waals surface area contributed by atoms with Gasteiger partial charge in [-0.05, 0) is 22.6 Å². The minimum atomic E-state index is -2.74. The minimum absolute atomic E-state index is 0.0226. The Morgan fingerprint density at radius 3 is 2.67 bits per heavy atom. The Hall–Kier alpha value is -0.990. The predicted molar refractivity (Wildman–Crippen MR) is 57.0 cm³/mol. The number of carbonyl (C=O) groups is 1. The van der Waals surface area contributed by atoms with E-state index in [0.717, 1.165) is 6.20 Å². The van der Waals surface area contributed by atoms with E-state index in [1.807, 2.05) is 0 Å². The number of aromatic nitrogens is 1. The summed E-state index contributed by atoms with van der Waals surface area (Å²) in [5.74, 6) is -0.900. The molecule has 1 heterocycles. The zero-order valence-corrected chi connectivity index (χ0v) is 9.79. The van der Waals surface area contributed by atoms with Crippen LogP contribution in [0.3, 0.4) is 0 Å². The molecule has 0 aromatic carbocycles. The fourth-order valence-electron chi connectivity index (χ4n) is 1.02. The van der Waals surface area contributed by atoms with Crippen molar-refractivity contribution in [2.45, 2.75) is 6.43 Å². The summed E-state index contributed by atoms with van der Waals surface area (Å²) in [5, 5.41) is 0. The summed E-state index contributed by atoms with van der Waals surface area (Å²) in [4.78, 5) is 14.5. The van der Waals surface area contributed by atoms with Crippen LogP contribution < -0.4 is 10.5 Å². The Labute approximate surface area is 98.0 Å². The summed E-state index contributed by atoms with van der Waals surface area (Å²) in [6, 6.07) is 0. The molecule has 0 atom stereocenters. The predicted octanol–water partition coefficient (Wildman–Crippen LogP) is 1.73. The molecule has 0 radical (unpaired) electrons. The SMILES string of the molecule is COc1cnc(C(N)=O)c(I)c1C(F)F. The number of methoxy groups -OCH3 is 1. The number of halogens is 3. The maximum Gasteiger partial charge on any atom is 0.268 e. The van der Waals surface area contributed by atoms with E-state index in [4.69, 9.17) is 10.5 Å². The van der Waals surface area contributed by atoms with Crippen molar-refractivity contribution in [2.75, 3.05) is 7.11 Å². The van der Waals surface area contributed by atoms with E-state index in [2.05, 4.69) is 4.98 Å². The zero-order valence-electron chi connectivity index (χ0n) is 7.63. The Balaban J connectivity index is 3.42. The van der Waals surface area contributed by atoms with Gasteiger partial charge < -0.3 is 10.5 Å². The molecule has 1 aromatic heterocycles. The van der Waals surface area contributed by atoms with Gasteiger partial charge in [-0.25, -0.2) is 13.8 Å². The highest BCUT2D eigenvalue weighted by atomic mass is 127. The lowest BCUT2D eigenvalue weighted by Gasteiger charge is -2.10. The Bertz CT molecular complexity index is 398. The summed E-state index contributed by atoms with van der Waals surface area (Å²) >= 11 is 1.60. The number of nitrogens with zero attached hydrogens (tertiary/aromatic N) is 1. The van der Waals surface area contributed by atoms with Gasteiger partial charge in [0.15, 0.2) is 0 Å².